The first-order chi connectivity index (χ1) is 6.36. The molecule has 1 aliphatic rings. The lowest BCUT2D eigenvalue weighted by molar-refractivity contribution is 0.619. The maximum absolute atomic E-state index is 8.96. The van der Waals surface area contributed by atoms with Crippen LogP contribution in [0.1, 0.15) is 23.9 Å². The SMILES string of the molecule is CCn1nc2c(c1C#N)CNCC2. The Labute approximate surface area is 77.2 Å². The van der Waals surface area contributed by atoms with Crippen molar-refractivity contribution in [2.45, 2.75) is 26.4 Å². The van der Waals surface area contributed by atoms with E-state index in [1.807, 2.05) is 6.92 Å². The minimum Gasteiger partial charge on any atom is -0.312 e. The highest BCUT2D eigenvalue weighted by molar-refractivity contribution is 5.36. The van der Waals surface area contributed by atoms with Crippen molar-refractivity contribution in [3.05, 3.63) is 17.0 Å². The molecule has 0 spiro atoms. The second-order valence-electron chi connectivity index (χ2n) is 3.13. The monoisotopic (exact) mass is 176 g/mol. The molecule has 0 saturated heterocycles. The van der Waals surface area contributed by atoms with Crippen LogP contribution in [0, 0.1) is 11.3 Å². The zero-order chi connectivity index (χ0) is 9.26. The zero-order valence-electron chi connectivity index (χ0n) is 7.67. The van der Waals surface area contributed by atoms with Crippen molar-refractivity contribution in [2.75, 3.05) is 6.54 Å². The third kappa shape index (κ3) is 1.21. The van der Waals surface area contributed by atoms with E-state index in [0.717, 1.165) is 43.0 Å². The number of aromatic nitrogens is 2. The molecular formula is C9H12N4. The van der Waals surface area contributed by atoms with Crippen molar-refractivity contribution in [3.8, 4) is 6.07 Å². The molecule has 1 aromatic heterocycles. The molecule has 1 N–H and O–H groups in total. The molecule has 1 aliphatic heterocycles. The number of hydrogen-bond acceptors (Lipinski definition) is 3. The van der Waals surface area contributed by atoms with Gasteiger partial charge in [-0.3, -0.25) is 4.68 Å². The van der Waals surface area contributed by atoms with Crippen LogP contribution < -0.4 is 5.32 Å². The van der Waals surface area contributed by atoms with Crippen LogP contribution in [0.5, 0.6) is 0 Å². The molecule has 68 valence electrons. The number of rotatable bonds is 1. The maximum Gasteiger partial charge on any atom is 0.143 e. The Morgan fingerprint density at radius 1 is 1.69 bits per heavy atom. The van der Waals surface area contributed by atoms with Crippen LogP contribution in [0.15, 0.2) is 0 Å². The fraction of sp³-hybridized carbons (Fsp3) is 0.556. The lowest BCUT2D eigenvalue weighted by Crippen LogP contribution is -2.23. The molecule has 0 aromatic carbocycles. The van der Waals surface area contributed by atoms with Crippen LogP contribution in [-0.4, -0.2) is 16.3 Å². The number of nitrogens with one attached hydrogen (secondary N) is 1. The summed E-state index contributed by atoms with van der Waals surface area (Å²) >= 11 is 0. The number of fused-ring (bicyclic) bond motifs is 1. The van der Waals surface area contributed by atoms with Gasteiger partial charge in [-0.2, -0.15) is 10.4 Å². The number of aryl methyl sites for hydroxylation is 1. The second-order valence-corrected chi connectivity index (χ2v) is 3.13. The third-order valence-corrected chi connectivity index (χ3v) is 2.38. The van der Waals surface area contributed by atoms with Gasteiger partial charge in [-0.1, -0.05) is 0 Å². The first kappa shape index (κ1) is 8.27. The quantitative estimate of drug-likeness (QED) is 0.674. The van der Waals surface area contributed by atoms with Crippen molar-refractivity contribution >= 4 is 0 Å². The van der Waals surface area contributed by atoms with E-state index >= 15 is 0 Å². The van der Waals surface area contributed by atoms with Gasteiger partial charge in [-0.25, -0.2) is 0 Å². The van der Waals surface area contributed by atoms with Gasteiger partial charge in [0, 0.05) is 31.6 Å². The van der Waals surface area contributed by atoms with Gasteiger partial charge in [0.1, 0.15) is 11.8 Å². The predicted molar refractivity (Wildman–Crippen MR) is 48.0 cm³/mol. The summed E-state index contributed by atoms with van der Waals surface area (Å²) in [5, 5.41) is 16.6. The number of hydrogen-bond donors (Lipinski definition) is 1. The van der Waals surface area contributed by atoms with Crippen LogP contribution in [0.25, 0.3) is 0 Å². The van der Waals surface area contributed by atoms with E-state index < -0.39 is 0 Å². The average molecular weight is 176 g/mol. The summed E-state index contributed by atoms with van der Waals surface area (Å²) in [5.74, 6) is 0. The Morgan fingerprint density at radius 3 is 3.23 bits per heavy atom. The highest BCUT2D eigenvalue weighted by atomic mass is 15.3. The highest BCUT2D eigenvalue weighted by Gasteiger charge is 2.18. The zero-order valence-corrected chi connectivity index (χ0v) is 7.67. The van der Waals surface area contributed by atoms with Gasteiger partial charge >= 0.3 is 0 Å². The van der Waals surface area contributed by atoms with Gasteiger partial charge in [0.05, 0.1) is 5.69 Å². The Hall–Kier alpha value is -1.34. The van der Waals surface area contributed by atoms with Crippen molar-refractivity contribution in [3.63, 3.8) is 0 Å². The normalized spacial score (nSPS) is 15.1. The minimum absolute atomic E-state index is 0.727. The van der Waals surface area contributed by atoms with E-state index in [-0.39, 0.29) is 0 Å². The Bertz CT molecular complexity index is 358. The maximum atomic E-state index is 8.96. The predicted octanol–water partition coefficient (Wildman–Crippen LogP) is 0.420. The molecule has 0 amide bonds. The van der Waals surface area contributed by atoms with Gasteiger partial charge < -0.3 is 5.32 Å². The van der Waals surface area contributed by atoms with E-state index in [0.29, 0.717) is 0 Å². The molecule has 4 heteroatoms. The van der Waals surface area contributed by atoms with E-state index in [1.54, 1.807) is 4.68 Å². The molecule has 4 nitrogen and oxygen atoms in total. The number of nitriles is 1. The summed E-state index contributed by atoms with van der Waals surface area (Å²) in [6.07, 6.45) is 0.941. The molecule has 0 fully saturated rings. The summed E-state index contributed by atoms with van der Waals surface area (Å²) in [7, 11) is 0. The first-order valence-electron chi connectivity index (χ1n) is 4.56. The van der Waals surface area contributed by atoms with Gasteiger partial charge in [0.25, 0.3) is 0 Å². The largest absolute Gasteiger partial charge is 0.312 e. The van der Waals surface area contributed by atoms with Gasteiger partial charge in [-0.15, -0.1) is 0 Å². The molecule has 13 heavy (non-hydrogen) atoms. The van der Waals surface area contributed by atoms with Crippen LogP contribution >= 0.6 is 0 Å². The summed E-state index contributed by atoms with van der Waals surface area (Å²) in [6, 6.07) is 2.22. The molecule has 0 bridgehead atoms. The van der Waals surface area contributed by atoms with Crippen molar-refractivity contribution in [1.29, 1.82) is 5.26 Å². The fourth-order valence-electron chi connectivity index (χ4n) is 1.71. The van der Waals surface area contributed by atoms with Crippen LogP contribution in [-0.2, 0) is 19.5 Å². The van der Waals surface area contributed by atoms with E-state index in [2.05, 4.69) is 16.5 Å². The summed E-state index contributed by atoms with van der Waals surface area (Å²) < 4.78 is 1.79. The van der Waals surface area contributed by atoms with Crippen molar-refractivity contribution in [2.24, 2.45) is 0 Å². The molecule has 0 aliphatic carbocycles. The standard InChI is InChI=1S/C9H12N4/c1-2-13-9(5-10)7-6-11-4-3-8(7)12-13/h11H,2-4,6H2,1H3. The lowest BCUT2D eigenvalue weighted by atomic mass is 10.1. The molecule has 2 heterocycles. The fourth-order valence-corrected chi connectivity index (χ4v) is 1.71. The Kier molecular flexibility index (Phi) is 2.03. The van der Waals surface area contributed by atoms with Gasteiger partial charge in [0.2, 0.25) is 0 Å². The molecule has 0 atom stereocenters. The molecule has 0 saturated carbocycles. The van der Waals surface area contributed by atoms with Crippen LogP contribution in [0.3, 0.4) is 0 Å². The summed E-state index contributed by atoms with van der Waals surface area (Å²) in [5.41, 5.74) is 2.91. The van der Waals surface area contributed by atoms with E-state index in [4.69, 9.17) is 5.26 Å². The van der Waals surface area contributed by atoms with E-state index in [9.17, 15) is 0 Å². The lowest BCUT2D eigenvalue weighted by Gasteiger charge is -2.10. The van der Waals surface area contributed by atoms with Crippen LogP contribution in [0.2, 0.25) is 0 Å². The Morgan fingerprint density at radius 2 is 2.54 bits per heavy atom. The molecule has 1 aromatic rings. The molecule has 0 unspecified atom stereocenters. The van der Waals surface area contributed by atoms with Gasteiger partial charge in [0.15, 0.2) is 0 Å². The second kappa shape index (κ2) is 3.19. The molecule has 0 radical (unpaired) electrons. The first-order valence-corrected chi connectivity index (χ1v) is 4.56. The topological polar surface area (TPSA) is 53.6 Å². The van der Waals surface area contributed by atoms with Gasteiger partial charge in [-0.05, 0) is 6.92 Å². The van der Waals surface area contributed by atoms with Crippen molar-refractivity contribution < 1.29 is 0 Å². The van der Waals surface area contributed by atoms with E-state index in [1.165, 1.54) is 0 Å². The summed E-state index contributed by atoms with van der Waals surface area (Å²) in [4.78, 5) is 0. The highest BCUT2D eigenvalue weighted by Crippen LogP contribution is 2.16. The summed E-state index contributed by atoms with van der Waals surface area (Å²) in [6.45, 7) is 4.54. The minimum atomic E-state index is 0.727. The average Bonchev–Trinajstić information content (AvgIpc) is 2.55. The number of nitrogens with zero attached hydrogens (tertiary/aromatic N) is 3. The Balaban J connectivity index is 2.52. The van der Waals surface area contributed by atoms with Crippen LogP contribution in [0.4, 0.5) is 0 Å². The smallest absolute Gasteiger partial charge is 0.143 e. The van der Waals surface area contributed by atoms with Crippen molar-refractivity contribution in [1.82, 2.24) is 15.1 Å². The molecule has 2 rings (SSSR count). The molecular weight excluding hydrogens is 164 g/mol. The third-order valence-electron chi connectivity index (χ3n) is 2.38.